The van der Waals surface area contributed by atoms with Gasteiger partial charge in [-0.2, -0.15) is 0 Å². The summed E-state index contributed by atoms with van der Waals surface area (Å²) in [5.41, 5.74) is 3.34. The number of halogens is 4. The molecule has 0 atom stereocenters. The summed E-state index contributed by atoms with van der Waals surface area (Å²) < 4.78 is 28.5. The number of hydrogen-bond donors (Lipinski definition) is 0. The number of nitrogens with zero attached hydrogens (tertiary/aromatic N) is 2. The molecule has 0 unspecified atom stereocenters. The first-order valence-corrected chi connectivity index (χ1v) is 9.42. The van der Waals surface area contributed by atoms with Gasteiger partial charge >= 0.3 is 0 Å². The third-order valence-electron chi connectivity index (χ3n) is 4.75. The van der Waals surface area contributed by atoms with Crippen LogP contribution in [0.1, 0.15) is 16.1 Å². The first-order chi connectivity index (χ1) is 13.2. The maximum atomic E-state index is 13.4. The van der Waals surface area contributed by atoms with E-state index in [0.29, 0.717) is 27.0 Å². The van der Waals surface area contributed by atoms with Crippen LogP contribution in [0.25, 0.3) is 16.8 Å². The molecule has 0 N–H and O–H groups in total. The van der Waals surface area contributed by atoms with Crippen LogP contribution in [-0.2, 0) is 0 Å². The molecule has 2 heterocycles. The van der Waals surface area contributed by atoms with Crippen LogP contribution in [0, 0.1) is 6.92 Å². The smallest absolute Gasteiger partial charge is 0.282 e. The quantitative estimate of drug-likeness (QED) is 0.521. The topological polar surface area (TPSA) is 25.2 Å². The normalized spacial score (nSPS) is 15.4. The molecule has 1 aromatic heterocycles. The molecule has 144 valence electrons. The zero-order valence-corrected chi connectivity index (χ0v) is 16.4. The van der Waals surface area contributed by atoms with E-state index in [1.54, 1.807) is 34.9 Å². The molecule has 1 fully saturated rings. The van der Waals surface area contributed by atoms with Gasteiger partial charge in [0.15, 0.2) is 0 Å². The molecule has 28 heavy (non-hydrogen) atoms. The van der Waals surface area contributed by atoms with E-state index < -0.39 is 24.9 Å². The summed E-state index contributed by atoms with van der Waals surface area (Å²) in [4.78, 5) is 14.3. The summed E-state index contributed by atoms with van der Waals surface area (Å²) in [5.74, 6) is -3.28. The predicted molar refractivity (Wildman–Crippen MR) is 107 cm³/mol. The number of benzene rings is 2. The molecule has 1 aliphatic heterocycles. The maximum Gasteiger partial charge on any atom is 0.282 e. The molecule has 0 aliphatic carbocycles. The lowest BCUT2D eigenvalue weighted by Crippen LogP contribution is -2.58. The SMILES string of the molecule is Cc1cn(-c2cccc(Cl)c2)c(C(=O)N2CC(F)(F)C2)c1-c1ccc(Cl)cc1. The number of hydrogen-bond acceptors (Lipinski definition) is 1. The molecule has 7 heteroatoms. The van der Waals surface area contributed by atoms with E-state index in [9.17, 15) is 13.6 Å². The number of aromatic nitrogens is 1. The fraction of sp³-hybridized carbons (Fsp3) is 0.190. The first kappa shape index (κ1) is 19.0. The molecule has 3 nitrogen and oxygen atoms in total. The second-order valence-corrected chi connectivity index (χ2v) is 7.78. The fourth-order valence-corrected chi connectivity index (χ4v) is 3.77. The van der Waals surface area contributed by atoms with Crippen LogP contribution < -0.4 is 0 Å². The molecule has 0 bridgehead atoms. The predicted octanol–water partition coefficient (Wildman–Crippen LogP) is 5.85. The Balaban J connectivity index is 1.88. The maximum absolute atomic E-state index is 13.4. The standard InChI is InChI=1S/C21H16Cl2F2N2O/c1-13-10-27(17-4-2-3-16(23)9-17)19(20(28)26-11-21(24,25)12-26)18(13)14-5-7-15(22)8-6-14/h2-10H,11-12H2,1H3. The van der Waals surface area contributed by atoms with E-state index in [4.69, 9.17) is 23.2 Å². The average molecular weight is 421 g/mol. The Hall–Kier alpha value is -2.37. The Morgan fingerprint density at radius 1 is 1.04 bits per heavy atom. The minimum atomic E-state index is -2.83. The number of alkyl halides is 2. The first-order valence-electron chi connectivity index (χ1n) is 8.66. The average Bonchev–Trinajstić information content (AvgIpc) is 2.97. The van der Waals surface area contributed by atoms with Gasteiger partial charge in [-0.25, -0.2) is 8.78 Å². The number of likely N-dealkylation sites (tertiary alicyclic amines) is 1. The number of carbonyl (C=O) groups is 1. The van der Waals surface area contributed by atoms with Gasteiger partial charge in [-0.15, -0.1) is 0 Å². The van der Waals surface area contributed by atoms with E-state index in [0.717, 1.165) is 16.0 Å². The summed E-state index contributed by atoms with van der Waals surface area (Å²) in [6.45, 7) is 0.726. The largest absolute Gasteiger partial charge is 0.325 e. The lowest BCUT2D eigenvalue weighted by molar-refractivity contribution is -0.113. The summed E-state index contributed by atoms with van der Waals surface area (Å²) in [5, 5.41) is 1.09. The van der Waals surface area contributed by atoms with Gasteiger partial charge in [0.2, 0.25) is 0 Å². The lowest BCUT2D eigenvalue weighted by Gasteiger charge is -2.39. The highest BCUT2D eigenvalue weighted by molar-refractivity contribution is 6.31. The highest BCUT2D eigenvalue weighted by Crippen LogP contribution is 2.36. The van der Waals surface area contributed by atoms with Crippen LogP contribution >= 0.6 is 23.2 Å². The van der Waals surface area contributed by atoms with Gasteiger partial charge in [-0.3, -0.25) is 4.79 Å². The Labute approximate surface area is 171 Å². The third kappa shape index (κ3) is 3.40. The minimum absolute atomic E-state index is 0.331. The molecular weight excluding hydrogens is 405 g/mol. The van der Waals surface area contributed by atoms with E-state index in [1.807, 2.05) is 31.3 Å². The summed E-state index contributed by atoms with van der Waals surface area (Å²) in [6.07, 6.45) is 1.82. The Morgan fingerprint density at radius 2 is 1.71 bits per heavy atom. The summed E-state index contributed by atoms with van der Waals surface area (Å²) in [7, 11) is 0. The van der Waals surface area contributed by atoms with Crippen LogP contribution in [-0.4, -0.2) is 34.4 Å². The van der Waals surface area contributed by atoms with E-state index in [1.165, 1.54) is 0 Å². The Bertz CT molecular complexity index is 1050. The number of amides is 1. The van der Waals surface area contributed by atoms with E-state index in [-0.39, 0.29) is 0 Å². The van der Waals surface area contributed by atoms with Crippen molar-refractivity contribution in [1.29, 1.82) is 0 Å². The fourth-order valence-electron chi connectivity index (χ4n) is 3.46. The zero-order chi connectivity index (χ0) is 20.1. The van der Waals surface area contributed by atoms with Crippen molar-refractivity contribution in [1.82, 2.24) is 9.47 Å². The van der Waals surface area contributed by atoms with Crippen LogP contribution in [0.2, 0.25) is 10.0 Å². The molecule has 2 aromatic carbocycles. The number of aryl methyl sites for hydroxylation is 1. The van der Waals surface area contributed by atoms with Crippen LogP contribution in [0.5, 0.6) is 0 Å². The Kier molecular flexibility index (Phi) is 4.68. The molecule has 3 aromatic rings. The van der Waals surface area contributed by atoms with E-state index >= 15 is 0 Å². The van der Waals surface area contributed by atoms with Crippen molar-refractivity contribution in [2.24, 2.45) is 0 Å². The highest BCUT2D eigenvalue weighted by Gasteiger charge is 2.47. The van der Waals surface area contributed by atoms with Crippen molar-refractivity contribution in [2.45, 2.75) is 12.8 Å². The zero-order valence-electron chi connectivity index (χ0n) is 14.9. The van der Waals surface area contributed by atoms with Gasteiger partial charge in [0.1, 0.15) is 5.69 Å². The number of carbonyl (C=O) groups excluding carboxylic acids is 1. The van der Waals surface area contributed by atoms with Gasteiger partial charge in [0.05, 0.1) is 13.1 Å². The molecular formula is C21H16Cl2F2N2O. The third-order valence-corrected chi connectivity index (χ3v) is 5.24. The second-order valence-electron chi connectivity index (χ2n) is 6.91. The van der Waals surface area contributed by atoms with Gasteiger partial charge in [0, 0.05) is 27.5 Å². The van der Waals surface area contributed by atoms with Crippen molar-refractivity contribution in [2.75, 3.05) is 13.1 Å². The molecule has 0 spiro atoms. The monoisotopic (exact) mass is 420 g/mol. The number of rotatable bonds is 3. The van der Waals surface area contributed by atoms with Crippen LogP contribution in [0.15, 0.2) is 54.7 Å². The molecule has 1 saturated heterocycles. The summed E-state index contributed by atoms with van der Waals surface area (Å²) >= 11 is 12.1. The second kappa shape index (κ2) is 6.90. The lowest BCUT2D eigenvalue weighted by atomic mass is 10.0. The molecule has 4 rings (SSSR count). The van der Waals surface area contributed by atoms with Gasteiger partial charge in [-0.1, -0.05) is 41.4 Å². The molecule has 0 radical (unpaired) electrons. The molecule has 1 aliphatic rings. The Morgan fingerprint density at radius 3 is 2.32 bits per heavy atom. The van der Waals surface area contributed by atoms with Crippen LogP contribution in [0.3, 0.4) is 0 Å². The molecule has 1 amide bonds. The van der Waals surface area contributed by atoms with Crippen molar-refractivity contribution in [3.63, 3.8) is 0 Å². The van der Waals surface area contributed by atoms with Crippen molar-refractivity contribution < 1.29 is 13.6 Å². The van der Waals surface area contributed by atoms with Gasteiger partial charge in [-0.05, 0) is 48.4 Å². The molecule has 0 saturated carbocycles. The van der Waals surface area contributed by atoms with Crippen molar-refractivity contribution >= 4 is 29.1 Å². The van der Waals surface area contributed by atoms with Crippen molar-refractivity contribution in [3.8, 4) is 16.8 Å². The van der Waals surface area contributed by atoms with Crippen molar-refractivity contribution in [3.05, 3.63) is 76.0 Å². The van der Waals surface area contributed by atoms with Gasteiger partial charge < -0.3 is 9.47 Å². The highest BCUT2D eigenvalue weighted by atomic mass is 35.5. The van der Waals surface area contributed by atoms with Crippen LogP contribution in [0.4, 0.5) is 8.78 Å². The van der Waals surface area contributed by atoms with Gasteiger partial charge in [0.25, 0.3) is 11.8 Å². The summed E-state index contributed by atoms with van der Waals surface area (Å²) in [6, 6.07) is 14.2. The minimum Gasteiger partial charge on any atom is -0.325 e. The van der Waals surface area contributed by atoms with E-state index in [2.05, 4.69) is 0 Å².